The molecule has 4 aromatic rings. The molecule has 294 valence electrons. The number of nitrogens with zero attached hydrogens (tertiary/aromatic N) is 7. The molecule has 11 nitrogen and oxygen atoms in total. The van der Waals surface area contributed by atoms with Gasteiger partial charge < -0.3 is 24.0 Å². The molecule has 4 saturated heterocycles. The molecule has 1 spiro atoms. The van der Waals surface area contributed by atoms with Crippen molar-refractivity contribution in [1.29, 1.82) is 0 Å². The van der Waals surface area contributed by atoms with E-state index >= 15 is 0 Å². The monoisotopic (exact) mass is 764 g/mol. The molecule has 1 saturated carbocycles. The molecule has 5 aliphatic rings. The fourth-order valence-electron chi connectivity index (χ4n) is 9.24. The average molecular weight is 765 g/mol. The van der Waals surface area contributed by atoms with Crippen LogP contribution in [0, 0.1) is 12.3 Å². The second-order valence-electron chi connectivity index (χ2n) is 16.2. The summed E-state index contributed by atoms with van der Waals surface area (Å²) in [4.78, 5) is 19.1. The van der Waals surface area contributed by atoms with Gasteiger partial charge in [0, 0.05) is 81.8 Å². The Morgan fingerprint density at radius 3 is 2.49 bits per heavy atom. The van der Waals surface area contributed by atoms with E-state index in [-0.39, 0.29) is 23.1 Å². The summed E-state index contributed by atoms with van der Waals surface area (Å²) in [6, 6.07) is 6.12. The second kappa shape index (κ2) is 14.2. The minimum Gasteiger partial charge on any atom is -0.481 e. The molecular weight excluding hydrogens is 716 g/mol. The number of benzene rings is 2. The SMILES string of the molecule is C=CCOCN1CC2(CCN(c3nc(N4CC(N5C[C@H](OC)[C@@H](F)C5)C4)nc4c(OCC(F)(F)F)c(-c5c(C)ccc6[nH]ncc56)c(C5CC5)cc34)CC2)C1. The predicted octanol–water partition coefficient (Wildman–Crippen LogP) is 6.22. The first-order chi connectivity index (χ1) is 26.5. The fraction of sp³-hybridized carbons (Fsp3) is 0.575. The Morgan fingerprint density at radius 2 is 1.80 bits per heavy atom. The van der Waals surface area contributed by atoms with Crippen molar-refractivity contribution in [3.63, 3.8) is 0 Å². The molecule has 1 N–H and O–H groups in total. The van der Waals surface area contributed by atoms with E-state index in [2.05, 4.69) is 37.5 Å². The summed E-state index contributed by atoms with van der Waals surface area (Å²) in [5, 5.41) is 8.84. The highest BCUT2D eigenvalue weighted by Gasteiger charge is 2.46. The fourth-order valence-corrected chi connectivity index (χ4v) is 9.24. The highest BCUT2D eigenvalue weighted by molar-refractivity contribution is 6.06. The van der Waals surface area contributed by atoms with Gasteiger partial charge in [-0.1, -0.05) is 12.1 Å². The van der Waals surface area contributed by atoms with Crippen molar-refractivity contribution < 1.29 is 31.8 Å². The van der Waals surface area contributed by atoms with E-state index in [9.17, 15) is 17.6 Å². The van der Waals surface area contributed by atoms with Crippen LogP contribution in [0.4, 0.5) is 29.3 Å². The largest absolute Gasteiger partial charge is 0.481 e. The topological polar surface area (TPSA) is 95.1 Å². The highest BCUT2D eigenvalue weighted by Crippen LogP contribution is 2.53. The summed E-state index contributed by atoms with van der Waals surface area (Å²) in [5.74, 6) is 1.45. The van der Waals surface area contributed by atoms with Gasteiger partial charge in [0.15, 0.2) is 12.4 Å². The Balaban J connectivity index is 1.14. The molecule has 6 heterocycles. The summed E-state index contributed by atoms with van der Waals surface area (Å²) < 4.78 is 74.0. The molecule has 9 rings (SSSR count). The van der Waals surface area contributed by atoms with Crippen molar-refractivity contribution in [2.45, 2.75) is 63.0 Å². The maximum atomic E-state index is 14.6. The van der Waals surface area contributed by atoms with Crippen LogP contribution in [0.2, 0.25) is 0 Å². The molecule has 15 heteroatoms. The number of piperidine rings is 1. The van der Waals surface area contributed by atoms with Crippen LogP contribution in [0.3, 0.4) is 0 Å². The van der Waals surface area contributed by atoms with Crippen LogP contribution in [0.25, 0.3) is 32.9 Å². The van der Waals surface area contributed by atoms with Gasteiger partial charge in [0.05, 0.1) is 25.1 Å². The van der Waals surface area contributed by atoms with Crippen molar-refractivity contribution in [2.24, 2.45) is 5.41 Å². The quantitative estimate of drug-likeness (QED) is 0.102. The Labute approximate surface area is 317 Å². The van der Waals surface area contributed by atoms with E-state index in [0.717, 1.165) is 85.3 Å². The number of ether oxygens (including phenoxy) is 3. The second-order valence-corrected chi connectivity index (χ2v) is 16.2. The van der Waals surface area contributed by atoms with Crippen LogP contribution in [0.15, 0.2) is 37.1 Å². The molecule has 0 radical (unpaired) electrons. The molecule has 0 bridgehead atoms. The molecule has 0 unspecified atom stereocenters. The number of rotatable bonds is 12. The minimum atomic E-state index is -4.57. The molecule has 2 atom stereocenters. The zero-order valence-corrected chi connectivity index (χ0v) is 31.4. The number of H-pyrrole nitrogens is 1. The summed E-state index contributed by atoms with van der Waals surface area (Å²) in [5.41, 5.74) is 4.65. The van der Waals surface area contributed by atoms with Gasteiger partial charge in [0.1, 0.15) is 23.6 Å². The number of halogens is 4. The van der Waals surface area contributed by atoms with E-state index < -0.39 is 25.1 Å². The zero-order chi connectivity index (χ0) is 38.1. The molecule has 4 aliphatic heterocycles. The van der Waals surface area contributed by atoms with E-state index in [1.165, 1.54) is 7.11 Å². The van der Waals surface area contributed by atoms with Gasteiger partial charge in [-0.15, -0.1) is 6.58 Å². The van der Waals surface area contributed by atoms with Crippen molar-refractivity contribution in [3.05, 3.63) is 48.2 Å². The molecule has 5 fully saturated rings. The molecule has 1 aliphatic carbocycles. The van der Waals surface area contributed by atoms with E-state index in [4.69, 9.17) is 24.2 Å². The van der Waals surface area contributed by atoms with Crippen molar-refractivity contribution in [2.75, 3.05) is 89.2 Å². The Hall–Kier alpha value is -4.05. The van der Waals surface area contributed by atoms with Crippen LogP contribution in [0.1, 0.15) is 42.7 Å². The van der Waals surface area contributed by atoms with Gasteiger partial charge in [0.2, 0.25) is 5.95 Å². The summed E-state index contributed by atoms with van der Waals surface area (Å²) in [7, 11) is 1.54. The number of hydrogen-bond acceptors (Lipinski definition) is 10. The number of aromatic amines is 1. The zero-order valence-electron chi connectivity index (χ0n) is 31.4. The Morgan fingerprint density at radius 1 is 1.02 bits per heavy atom. The van der Waals surface area contributed by atoms with Gasteiger partial charge >= 0.3 is 6.18 Å². The number of methoxy groups -OCH3 is 1. The maximum Gasteiger partial charge on any atom is 0.422 e. The lowest BCUT2D eigenvalue weighted by Gasteiger charge is -2.54. The number of likely N-dealkylation sites (tertiary alicyclic amines) is 2. The first-order valence-corrected chi connectivity index (χ1v) is 19.4. The lowest BCUT2D eigenvalue weighted by molar-refractivity contribution is -0.153. The van der Waals surface area contributed by atoms with Crippen molar-refractivity contribution in [1.82, 2.24) is 30.0 Å². The number of alkyl halides is 4. The number of hydrogen-bond donors (Lipinski definition) is 1. The molecule has 2 aromatic heterocycles. The third-order valence-electron chi connectivity index (χ3n) is 12.4. The molecule has 2 aromatic carbocycles. The lowest BCUT2D eigenvalue weighted by atomic mass is 9.72. The van der Waals surface area contributed by atoms with Gasteiger partial charge in [-0.05, 0) is 72.8 Å². The highest BCUT2D eigenvalue weighted by atomic mass is 19.4. The average Bonchev–Trinajstić information content (AvgIpc) is 3.75. The lowest BCUT2D eigenvalue weighted by Crippen LogP contribution is -2.61. The minimum absolute atomic E-state index is 0.0862. The molecule has 55 heavy (non-hydrogen) atoms. The van der Waals surface area contributed by atoms with Crippen LogP contribution in [-0.4, -0.2) is 134 Å². The van der Waals surface area contributed by atoms with Crippen LogP contribution >= 0.6 is 0 Å². The Bertz CT molecular complexity index is 2070. The number of nitrogens with one attached hydrogen (secondary N) is 1. The van der Waals surface area contributed by atoms with Crippen LogP contribution in [0.5, 0.6) is 5.75 Å². The first kappa shape index (κ1) is 36.6. The number of fused-ring (bicyclic) bond motifs is 2. The molecule has 0 amide bonds. The number of aryl methyl sites for hydroxylation is 1. The number of aromatic nitrogens is 4. The van der Waals surface area contributed by atoms with Gasteiger partial charge in [-0.3, -0.25) is 14.9 Å². The van der Waals surface area contributed by atoms with Crippen molar-refractivity contribution in [3.8, 4) is 16.9 Å². The predicted molar refractivity (Wildman–Crippen MR) is 203 cm³/mol. The van der Waals surface area contributed by atoms with Crippen LogP contribution in [-0.2, 0) is 9.47 Å². The summed E-state index contributed by atoms with van der Waals surface area (Å²) in [6.45, 7) is 10.8. The van der Waals surface area contributed by atoms with Gasteiger partial charge in [0.25, 0.3) is 0 Å². The Kier molecular flexibility index (Phi) is 9.42. The normalized spacial score (nSPS) is 23.5. The van der Waals surface area contributed by atoms with Crippen LogP contribution < -0.4 is 14.5 Å². The third kappa shape index (κ3) is 6.91. The third-order valence-corrected chi connectivity index (χ3v) is 12.4. The first-order valence-electron chi connectivity index (χ1n) is 19.4. The number of anilines is 2. The van der Waals surface area contributed by atoms with Gasteiger partial charge in [-0.25, -0.2) is 9.37 Å². The van der Waals surface area contributed by atoms with E-state index in [1.54, 1.807) is 12.3 Å². The maximum absolute atomic E-state index is 14.6. The summed E-state index contributed by atoms with van der Waals surface area (Å²) in [6.07, 6.45) is 1.19. The van der Waals surface area contributed by atoms with E-state index in [1.807, 2.05) is 24.0 Å². The summed E-state index contributed by atoms with van der Waals surface area (Å²) >= 11 is 0. The van der Waals surface area contributed by atoms with Gasteiger partial charge in [-0.2, -0.15) is 23.3 Å². The standard InChI is InChI=1S/C40H48F4N8O3/c1-4-13-54-23-49-20-39(21-49)9-11-50(12-10-39)37-28-14-27(25-6-7-25)34(33-24(2)5-8-31-29(33)15-45-48-31)36(55-22-40(42,43)44)35(28)46-38(47-37)52-16-26(17-52)51-18-30(41)32(19-51)53-3/h4-5,8,14-15,25-26,30,32H,1,6-7,9-13,16-23H2,2-3H3,(H,45,48)/t30-,32-/m0/s1. The molecular formula is C40H48F4N8O3. The van der Waals surface area contributed by atoms with Crippen molar-refractivity contribution >= 4 is 33.6 Å². The smallest absolute Gasteiger partial charge is 0.422 e. The van der Waals surface area contributed by atoms with E-state index in [0.29, 0.717) is 61.9 Å².